The summed E-state index contributed by atoms with van der Waals surface area (Å²) in [5.74, 6) is 0.820. The van der Waals surface area contributed by atoms with Gasteiger partial charge in [0, 0.05) is 17.1 Å². The zero-order valence-electron chi connectivity index (χ0n) is 19.9. The third-order valence-electron chi connectivity index (χ3n) is 5.37. The van der Waals surface area contributed by atoms with Crippen LogP contribution in [-0.2, 0) is 22.6 Å². The minimum Gasteiger partial charge on any atom is -0.484 e. The molecule has 6 nitrogen and oxygen atoms in total. The van der Waals surface area contributed by atoms with Crippen LogP contribution in [0.1, 0.15) is 32.1 Å². The lowest BCUT2D eigenvalue weighted by Gasteiger charge is -2.36. The van der Waals surface area contributed by atoms with Gasteiger partial charge in [-0.2, -0.15) is 0 Å². The fourth-order valence-corrected chi connectivity index (χ4v) is 3.61. The predicted molar refractivity (Wildman–Crippen MR) is 133 cm³/mol. The number of furan rings is 1. The lowest BCUT2D eigenvalue weighted by molar-refractivity contribution is -0.146. The number of ether oxygens (including phenoxy) is 1. The number of hydrogen-bond acceptors (Lipinski definition) is 4. The Hall–Kier alpha value is -3.25. The zero-order valence-corrected chi connectivity index (χ0v) is 20.6. The van der Waals surface area contributed by atoms with Crippen molar-refractivity contribution in [2.24, 2.45) is 0 Å². The number of hydrogen-bond donors (Lipinski definition) is 0. The maximum atomic E-state index is 13.4. The summed E-state index contributed by atoms with van der Waals surface area (Å²) in [4.78, 5) is 29.8. The topological polar surface area (TPSA) is 63.0 Å². The average molecular weight is 483 g/mol. The lowest BCUT2D eigenvalue weighted by Crippen LogP contribution is -2.52. The zero-order chi connectivity index (χ0) is 24.6. The molecule has 2 amide bonds. The first-order chi connectivity index (χ1) is 16.2. The van der Waals surface area contributed by atoms with Gasteiger partial charge in [0.1, 0.15) is 18.1 Å². The van der Waals surface area contributed by atoms with Gasteiger partial charge in [0.2, 0.25) is 5.91 Å². The summed E-state index contributed by atoms with van der Waals surface area (Å²) in [5, 5.41) is 0.591. The van der Waals surface area contributed by atoms with Crippen LogP contribution in [0.15, 0.2) is 77.4 Å². The second-order valence-corrected chi connectivity index (χ2v) is 9.46. The highest BCUT2D eigenvalue weighted by molar-refractivity contribution is 6.30. The first kappa shape index (κ1) is 25.4. The van der Waals surface area contributed by atoms with Crippen LogP contribution in [0, 0.1) is 0 Å². The van der Waals surface area contributed by atoms with Gasteiger partial charge in [-0.3, -0.25) is 9.59 Å². The molecular weight excluding hydrogens is 452 g/mol. The Morgan fingerprint density at radius 2 is 1.65 bits per heavy atom. The van der Waals surface area contributed by atoms with Crippen molar-refractivity contribution in [3.05, 3.63) is 89.3 Å². The van der Waals surface area contributed by atoms with E-state index in [2.05, 4.69) is 0 Å². The Morgan fingerprint density at radius 3 is 2.26 bits per heavy atom. The Labute approximate surface area is 206 Å². The Balaban J connectivity index is 1.68. The van der Waals surface area contributed by atoms with Crippen LogP contribution in [0.4, 0.5) is 0 Å². The summed E-state index contributed by atoms with van der Waals surface area (Å²) < 4.78 is 11.1. The van der Waals surface area contributed by atoms with Crippen LogP contribution in [0.2, 0.25) is 5.02 Å². The van der Waals surface area contributed by atoms with Gasteiger partial charge in [-0.1, -0.05) is 41.9 Å². The van der Waals surface area contributed by atoms with Crippen LogP contribution in [-0.4, -0.2) is 46.8 Å². The molecule has 1 aromatic heterocycles. The molecule has 7 heteroatoms. The molecule has 0 aliphatic rings. The molecule has 3 aromatic rings. The first-order valence-corrected chi connectivity index (χ1v) is 11.6. The molecule has 34 heavy (non-hydrogen) atoms. The summed E-state index contributed by atoms with van der Waals surface area (Å²) in [6.07, 6.45) is 2.30. The van der Waals surface area contributed by atoms with E-state index in [1.54, 1.807) is 46.4 Å². The molecule has 0 saturated carbocycles. The Bertz CT molecular complexity index is 1040. The van der Waals surface area contributed by atoms with Crippen molar-refractivity contribution >= 4 is 23.4 Å². The van der Waals surface area contributed by atoms with E-state index in [0.717, 1.165) is 5.56 Å². The third kappa shape index (κ3) is 7.66. The number of amides is 2. The van der Waals surface area contributed by atoms with Crippen LogP contribution in [0.3, 0.4) is 0 Å². The predicted octanol–water partition coefficient (Wildman–Crippen LogP) is 5.21. The molecule has 0 aliphatic heterocycles. The van der Waals surface area contributed by atoms with E-state index in [0.29, 0.717) is 36.0 Å². The van der Waals surface area contributed by atoms with Crippen molar-refractivity contribution in [2.45, 2.75) is 39.3 Å². The molecular formula is C27H31ClN2O4. The molecule has 0 saturated heterocycles. The summed E-state index contributed by atoms with van der Waals surface area (Å²) >= 11 is 5.91. The van der Waals surface area contributed by atoms with Crippen molar-refractivity contribution in [1.29, 1.82) is 0 Å². The van der Waals surface area contributed by atoms with Crippen LogP contribution in [0.25, 0.3) is 0 Å². The van der Waals surface area contributed by atoms with Gasteiger partial charge in [-0.05, 0) is 69.2 Å². The fraction of sp³-hybridized carbons (Fsp3) is 0.333. The smallest absolute Gasteiger partial charge is 0.261 e. The summed E-state index contributed by atoms with van der Waals surface area (Å²) in [6.45, 7) is 6.34. The minimum absolute atomic E-state index is 0.0538. The van der Waals surface area contributed by atoms with E-state index in [1.165, 1.54) is 0 Å². The van der Waals surface area contributed by atoms with Crippen LogP contribution >= 0.6 is 11.6 Å². The number of carbonyl (C=O) groups excluding carboxylic acids is 2. The lowest BCUT2D eigenvalue weighted by atomic mass is 10.1. The highest BCUT2D eigenvalue weighted by Crippen LogP contribution is 2.18. The van der Waals surface area contributed by atoms with Crippen molar-refractivity contribution in [1.82, 2.24) is 9.80 Å². The van der Waals surface area contributed by atoms with Gasteiger partial charge in [0.05, 0.1) is 12.8 Å². The summed E-state index contributed by atoms with van der Waals surface area (Å²) in [7, 11) is 0. The molecule has 3 rings (SSSR count). The van der Waals surface area contributed by atoms with Crippen LogP contribution in [0.5, 0.6) is 5.75 Å². The average Bonchev–Trinajstić information content (AvgIpc) is 3.32. The van der Waals surface area contributed by atoms with Gasteiger partial charge in [0.25, 0.3) is 5.91 Å². The molecule has 0 fully saturated rings. The molecule has 0 radical (unpaired) electrons. The highest BCUT2D eigenvalue weighted by atomic mass is 35.5. The second-order valence-electron chi connectivity index (χ2n) is 9.02. The monoisotopic (exact) mass is 482 g/mol. The normalized spacial score (nSPS) is 11.2. The molecule has 0 unspecified atom stereocenters. The molecule has 180 valence electrons. The van der Waals surface area contributed by atoms with Gasteiger partial charge in [-0.25, -0.2) is 0 Å². The highest BCUT2D eigenvalue weighted by Gasteiger charge is 2.30. The van der Waals surface area contributed by atoms with E-state index in [4.69, 9.17) is 20.8 Å². The van der Waals surface area contributed by atoms with Crippen molar-refractivity contribution in [2.75, 3.05) is 19.7 Å². The Morgan fingerprint density at radius 1 is 0.941 bits per heavy atom. The van der Waals surface area contributed by atoms with E-state index >= 15 is 0 Å². The van der Waals surface area contributed by atoms with Gasteiger partial charge >= 0.3 is 0 Å². The number of rotatable bonds is 10. The fourth-order valence-electron chi connectivity index (χ4n) is 3.48. The van der Waals surface area contributed by atoms with Crippen molar-refractivity contribution < 1.29 is 18.7 Å². The molecule has 0 N–H and O–H groups in total. The maximum absolute atomic E-state index is 13.4. The van der Waals surface area contributed by atoms with Crippen molar-refractivity contribution in [3.8, 4) is 5.75 Å². The van der Waals surface area contributed by atoms with Gasteiger partial charge in [-0.15, -0.1) is 0 Å². The number of benzene rings is 2. The number of carbonyl (C=O) groups is 2. The Kier molecular flexibility index (Phi) is 8.77. The second kappa shape index (κ2) is 11.7. The summed E-state index contributed by atoms with van der Waals surface area (Å²) in [5.41, 5.74) is 0.575. The molecule has 1 heterocycles. The van der Waals surface area contributed by atoms with Gasteiger partial charge < -0.3 is 19.0 Å². The quantitative estimate of drug-likeness (QED) is 0.398. The molecule has 0 bridgehead atoms. The van der Waals surface area contributed by atoms with Crippen molar-refractivity contribution in [3.63, 3.8) is 0 Å². The standard InChI is InChI=1S/C27H31ClN2O4/c1-27(2,3)30(26(32)20-34-23-13-11-22(28)12-14-23)19-25(31)29(18-24-10-7-17-33-24)16-15-21-8-5-4-6-9-21/h4-14,17H,15-16,18-20H2,1-3H3. The van der Waals surface area contributed by atoms with E-state index in [-0.39, 0.29) is 25.0 Å². The molecule has 0 spiro atoms. The third-order valence-corrected chi connectivity index (χ3v) is 5.62. The van der Waals surface area contributed by atoms with E-state index in [1.807, 2.05) is 57.2 Å². The number of halogens is 1. The number of nitrogens with zero attached hydrogens (tertiary/aromatic N) is 2. The SMILES string of the molecule is CC(C)(C)N(CC(=O)N(CCc1ccccc1)Cc1ccco1)C(=O)COc1ccc(Cl)cc1. The molecule has 0 aliphatic carbocycles. The van der Waals surface area contributed by atoms with E-state index in [9.17, 15) is 9.59 Å². The van der Waals surface area contributed by atoms with Gasteiger partial charge in [0.15, 0.2) is 6.61 Å². The largest absolute Gasteiger partial charge is 0.484 e. The minimum atomic E-state index is -0.564. The molecule has 0 atom stereocenters. The maximum Gasteiger partial charge on any atom is 0.261 e. The summed E-state index contributed by atoms with van der Waals surface area (Å²) in [6, 6.07) is 20.5. The molecule has 2 aromatic carbocycles. The van der Waals surface area contributed by atoms with Crippen LogP contribution < -0.4 is 4.74 Å². The van der Waals surface area contributed by atoms with E-state index < -0.39 is 5.54 Å². The first-order valence-electron chi connectivity index (χ1n) is 11.3.